The van der Waals surface area contributed by atoms with E-state index in [0.717, 1.165) is 12.7 Å². The molecule has 2 rings (SSSR count). The highest BCUT2D eigenvalue weighted by molar-refractivity contribution is 9.10. The van der Waals surface area contributed by atoms with E-state index in [1.165, 1.54) is 11.1 Å². The fraction of sp³-hybridized carbons (Fsp3) is 0.182. The topological polar surface area (TPSA) is 17.1 Å². The van der Waals surface area contributed by atoms with Crippen molar-refractivity contribution >= 4 is 28.3 Å². The quantitative estimate of drug-likeness (QED) is 0.542. The molecule has 2 heteroatoms. The minimum Gasteiger partial charge on any atom is -0.301 e. The summed E-state index contributed by atoms with van der Waals surface area (Å²) in [5.74, 6) is 0. The van der Waals surface area contributed by atoms with Crippen LogP contribution in [-0.2, 0) is 11.2 Å². The van der Waals surface area contributed by atoms with Crippen LogP contribution in [0.4, 0.5) is 0 Å². The molecular formula is C11H9BrO. The van der Waals surface area contributed by atoms with Gasteiger partial charge in [-0.1, -0.05) is 52.3 Å². The van der Waals surface area contributed by atoms with Crippen molar-refractivity contribution in [1.82, 2.24) is 0 Å². The van der Waals surface area contributed by atoms with Crippen molar-refractivity contribution in [1.29, 1.82) is 0 Å². The van der Waals surface area contributed by atoms with Crippen LogP contribution in [0.1, 0.15) is 11.1 Å². The molecule has 0 fully saturated rings. The molecule has 0 N–H and O–H groups in total. The third-order valence-corrected chi connectivity index (χ3v) is 2.98. The zero-order valence-corrected chi connectivity index (χ0v) is 8.62. The highest BCUT2D eigenvalue weighted by atomic mass is 79.9. The minimum absolute atomic E-state index is 0.485. The lowest BCUT2D eigenvalue weighted by Gasteiger charge is -2.22. The van der Waals surface area contributed by atoms with Crippen molar-refractivity contribution in [2.75, 3.05) is 0 Å². The number of halogens is 1. The van der Waals surface area contributed by atoms with Crippen LogP contribution in [-0.4, -0.2) is 10.6 Å². The first-order chi connectivity index (χ1) is 6.23. The normalized spacial score (nSPS) is 25.3. The van der Waals surface area contributed by atoms with Crippen LogP contribution in [0.25, 0.3) is 6.08 Å². The van der Waals surface area contributed by atoms with E-state index in [1.54, 1.807) is 0 Å². The zero-order chi connectivity index (χ0) is 9.31. The Kier molecular flexibility index (Phi) is 2.08. The molecule has 0 saturated carbocycles. The van der Waals surface area contributed by atoms with Crippen molar-refractivity contribution in [2.45, 2.75) is 10.7 Å². The third-order valence-electron chi connectivity index (χ3n) is 2.25. The number of hydrogen-bond acceptors (Lipinski definition) is 1. The molecule has 0 amide bonds. The lowest BCUT2D eigenvalue weighted by atomic mass is 9.90. The maximum Gasteiger partial charge on any atom is 0.140 e. The molecule has 66 valence electrons. The number of rotatable bonds is 1. The molecule has 0 heterocycles. The van der Waals surface area contributed by atoms with Gasteiger partial charge in [-0.05, 0) is 17.5 Å². The molecule has 1 nitrogen and oxygen atoms in total. The van der Waals surface area contributed by atoms with Crippen LogP contribution in [0.15, 0.2) is 30.3 Å². The van der Waals surface area contributed by atoms with Gasteiger partial charge in [0.05, 0.1) is 0 Å². The number of aldehydes is 1. The van der Waals surface area contributed by atoms with Crippen LogP contribution in [0, 0.1) is 0 Å². The lowest BCUT2D eigenvalue weighted by Crippen LogP contribution is -2.25. The zero-order valence-electron chi connectivity index (χ0n) is 7.03. The summed E-state index contributed by atoms with van der Waals surface area (Å²) in [6.07, 6.45) is 5.58. The summed E-state index contributed by atoms with van der Waals surface area (Å²) in [7, 11) is 0. The number of fused-ring (bicyclic) bond motifs is 1. The Balaban J connectivity index is 2.44. The molecule has 1 aromatic rings. The minimum atomic E-state index is -0.485. The first kappa shape index (κ1) is 8.70. The van der Waals surface area contributed by atoms with Crippen LogP contribution < -0.4 is 0 Å². The molecule has 0 aromatic heterocycles. The second kappa shape index (κ2) is 3.11. The number of hydrogen-bond donors (Lipinski definition) is 0. The smallest absolute Gasteiger partial charge is 0.140 e. The van der Waals surface area contributed by atoms with Crippen LogP contribution in [0.5, 0.6) is 0 Å². The van der Waals surface area contributed by atoms with Gasteiger partial charge in [0.25, 0.3) is 0 Å². The van der Waals surface area contributed by atoms with E-state index in [-0.39, 0.29) is 0 Å². The number of carbonyl (C=O) groups is 1. The van der Waals surface area contributed by atoms with Gasteiger partial charge >= 0.3 is 0 Å². The summed E-state index contributed by atoms with van der Waals surface area (Å²) in [4.78, 5) is 10.8. The van der Waals surface area contributed by atoms with E-state index in [2.05, 4.69) is 28.1 Å². The maximum absolute atomic E-state index is 10.8. The Morgan fingerprint density at radius 1 is 1.38 bits per heavy atom. The summed E-state index contributed by atoms with van der Waals surface area (Å²) in [6.45, 7) is 0. The standard InChI is InChI=1S/C11H9BrO/c12-11(8-13)6-5-9-3-1-2-4-10(9)7-11/h1-6,8H,7H2. The molecule has 1 unspecified atom stereocenters. The first-order valence-corrected chi connectivity index (χ1v) is 4.95. The number of alkyl halides is 1. The molecule has 0 spiro atoms. The Morgan fingerprint density at radius 2 is 2.15 bits per heavy atom. The maximum atomic E-state index is 10.8. The molecule has 1 atom stereocenters. The summed E-state index contributed by atoms with van der Waals surface area (Å²) in [5.41, 5.74) is 2.42. The largest absolute Gasteiger partial charge is 0.301 e. The average molecular weight is 237 g/mol. The summed E-state index contributed by atoms with van der Waals surface area (Å²) >= 11 is 3.41. The van der Waals surface area contributed by atoms with Gasteiger partial charge in [-0.15, -0.1) is 0 Å². The molecule has 1 aliphatic carbocycles. The molecule has 0 radical (unpaired) electrons. The van der Waals surface area contributed by atoms with Gasteiger partial charge in [-0.3, -0.25) is 0 Å². The Hall–Kier alpha value is -0.890. The van der Waals surface area contributed by atoms with Gasteiger partial charge in [0.15, 0.2) is 0 Å². The van der Waals surface area contributed by atoms with Crippen molar-refractivity contribution < 1.29 is 4.79 Å². The van der Waals surface area contributed by atoms with Crippen molar-refractivity contribution in [3.8, 4) is 0 Å². The van der Waals surface area contributed by atoms with Gasteiger partial charge in [-0.25, -0.2) is 0 Å². The van der Waals surface area contributed by atoms with Crippen LogP contribution >= 0.6 is 15.9 Å². The second-order valence-electron chi connectivity index (χ2n) is 3.25. The van der Waals surface area contributed by atoms with Gasteiger partial charge in [0, 0.05) is 0 Å². The van der Waals surface area contributed by atoms with Crippen molar-refractivity contribution in [2.24, 2.45) is 0 Å². The van der Waals surface area contributed by atoms with E-state index in [4.69, 9.17) is 0 Å². The summed E-state index contributed by atoms with van der Waals surface area (Å²) in [5, 5.41) is 0. The molecule has 1 aliphatic rings. The Bertz CT molecular complexity index is 370. The van der Waals surface area contributed by atoms with Crippen LogP contribution in [0.3, 0.4) is 0 Å². The van der Waals surface area contributed by atoms with E-state index in [0.29, 0.717) is 0 Å². The SMILES string of the molecule is O=CC1(Br)C=Cc2ccccc2C1. The monoisotopic (exact) mass is 236 g/mol. The second-order valence-corrected chi connectivity index (χ2v) is 4.73. The number of allylic oxidation sites excluding steroid dienone is 1. The fourth-order valence-electron chi connectivity index (χ4n) is 1.52. The molecule has 0 bridgehead atoms. The number of carbonyl (C=O) groups excluding carboxylic acids is 1. The lowest BCUT2D eigenvalue weighted by molar-refractivity contribution is -0.108. The molecule has 0 saturated heterocycles. The Labute approximate surface area is 85.6 Å². The van der Waals surface area contributed by atoms with E-state index in [1.807, 2.05) is 24.3 Å². The fourth-order valence-corrected chi connectivity index (χ4v) is 1.95. The highest BCUT2D eigenvalue weighted by Gasteiger charge is 2.26. The van der Waals surface area contributed by atoms with E-state index >= 15 is 0 Å². The molecular weight excluding hydrogens is 228 g/mol. The molecule has 0 aliphatic heterocycles. The van der Waals surface area contributed by atoms with Gasteiger partial charge in [-0.2, -0.15) is 0 Å². The van der Waals surface area contributed by atoms with Crippen LogP contribution in [0.2, 0.25) is 0 Å². The third kappa shape index (κ3) is 1.59. The van der Waals surface area contributed by atoms with Gasteiger partial charge < -0.3 is 4.79 Å². The average Bonchev–Trinajstić information content (AvgIpc) is 2.18. The predicted octanol–water partition coefficient (Wildman–Crippen LogP) is 2.59. The Morgan fingerprint density at radius 3 is 2.92 bits per heavy atom. The van der Waals surface area contributed by atoms with E-state index < -0.39 is 4.32 Å². The van der Waals surface area contributed by atoms with Crippen molar-refractivity contribution in [3.63, 3.8) is 0 Å². The first-order valence-electron chi connectivity index (χ1n) is 4.16. The van der Waals surface area contributed by atoms with Gasteiger partial charge in [0.1, 0.15) is 10.6 Å². The predicted molar refractivity (Wildman–Crippen MR) is 56.9 cm³/mol. The number of benzene rings is 1. The molecule has 1 aromatic carbocycles. The van der Waals surface area contributed by atoms with E-state index in [9.17, 15) is 4.79 Å². The van der Waals surface area contributed by atoms with Crippen molar-refractivity contribution in [3.05, 3.63) is 41.5 Å². The summed E-state index contributed by atoms with van der Waals surface area (Å²) < 4.78 is -0.485. The highest BCUT2D eigenvalue weighted by Crippen LogP contribution is 2.30. The van der Waals surface area contributed by atoms with Gasteiger partial charge in [0.2, 0.25) is 0 Å². The summed E-state index contributed by atoms with van der Waals surface area (Å²) in [6, 6.07) is 8.11. The molecule has 13 heavy (non-hydrogen) atoms.